The number of ether oxygens (including phenoxy) is 1. The Morgan fingerprint density at radius 2 is 1.91 bits per heavy atom. The molecule has 2 aromatic heterocycles. The molecule has 0 radical (unpaired) electrons. The first-order valence-electron chi connectivity index (χ1n) is 13.8. The Hall–Kier alpha value is -4.77. The van der Waals surface area contributed by atoms with Crippen LogP contribution < -0.4 is 26.4 Å². The number of aromatic nitrogens is 2. The molecule has 4 amide bonds. The highest BCUT2D eigenvalue weighted by Gasteiger charge is 2.43. The maximum Gasteiger partial charge on any atom is 0.319 e. The summed E-state index contributed by atoms with van der Waals surface area (Å²) in [6.07, 6.45) is 3.66. The van der Waals surface area contributed by atoms with Crippen LogP contribution in [0.2, 0.25) is 5.02 Å². The van der Waals surface area contributed by atoms with Crippen LogP contribution in [0.3, 0.4) is 0 Å². The fourth-order valence-corrected chi connectivity index (χ4v) is 5.17. The lowest BCUT2D eigenvalue weighted by Crippen LogP contribution is -2.39. The van der Waals surface area contributed by atoms with E-state index in [1.54, 1.807) is 43.3 Å². The molecule has 0 saturated heterocycles. The van der Waals surface area contributed by atoms with Gasteiger partial charge >= 0.3 is 6.03 Å². The van der Waals surface area contributed by atoms with E-state index in [-0.39, 0.29) is 31.1 Å². The molecule has 220 valence electrons. The zero-order chi connectivity index (χ0) is 30.3. The summed E-state index contributed by atoms with van der Waals surface area (Å²) < 4.78 is 19.5. The summed E-state index contributed by atoms with van der Waals surface area (Å²) in [5, 5.41) is 9.54. The standard InChI is InChI=1S/C31H28ClFN6O4/c1-31(29(34)41)15-43-27-23(31)13-22(37-26(27)16-2-4-20(33)5-3-16)8-9-35-28(40)18-10-17-11-19(32)14-36-25(17)24(12-18)39-30(42)38-21-6-7-21/h2-5,10-14,21H,6-9,15H2,1H3,(H2,34,41)(H,35,40)(H2,38,39,42). The number of urea groups is 1. The van der Waals surface area contributed by atoms with E-state index in [0.29, 0.717) is 61.9 Å². The number of primary amides is 1. The number of fused-ring (bicyclic) bond motifs is 2. The summed E-state index contributed by atoms with van der Waals surface area (Å²) in [6.45, 7) is 1.97. The number of carbonyl (C=O) groups is 3. The molecule has 1 aliphatic carbocycles. The molecule has 43 heavy (non-hydrogen) atoms. The van der Waals surface area contributed by atoms with Gasteiger partial charge in [0, 0.05) is 53.0 Å². The van der Waals surface area contributed by atoms with Crippen molar-refractivity contribution in [3.63, 3.8) is 0 Å². The Morgan fingerprint density at radius 1 is 1.14 bits per heavy atom. The molecule has 1 atom stereocenters. The minimum Gasteiger partial charge on any atom is -0.489 e. The van der Waals surface area contributed by atoms with Gasteiger partial charge in [-0.05, 0) is 68.3 Å². The van der Waals surface area contributed by atoms with Crippen molar-refractivity contribution >= 4 is 46.0 Å². The number of rotatable bonds is 8. The molecular formula is C31H28ClFN6O4. The molecule has 12 heteroatoms. The second-order valence-electron chi connectivity index (χ2n) is 11.0. The lowest BCUT2D eigenvalue weighted by Gasteiger charge is -2.19. The molecule has 2 aromatic carbocycles. The van der Waals surface area contributed by atoms with Crippen molar-refractivity contribution in [2.45, 2.75) is 37.6 Å². The van der Waals surface area contributed by atoms with Crippen LogP contribution >= 0.6 is 11.6 Å². The molecule has 6 rings (SSSR count). The average Bonchev–Trinajstić information content (AvgIpc) is 3.72. The van der Waals surface area contributed by atoms with Gasteiger partial charge in [0.25, 0.3) is 5.91 Å². The van der Waals surface area contributed by atoms with Gasteiger partial charge in [-0.15, -0.1) is 0 Å². The van der Waals surface area contributed by atoms with E-state index in [9.17, 15) is 18.8 Å². The number of halogens is 2. The lowest BCUT2D eigenvalue weighted by molar-refractivity contribution is -0.123. The van der Waals surface area contributed by atoms with Gasteiger partial charge < -0.3 is 26.4 Å². The monoisotopic (exact) mass is 602 g/mol. The topological polar surface area (TPSA) is 148 Å². The lowest BCUT2D eigenvalue weighted by atomic mass is 9.83. The average molecular weight is 603 g/mol. The first kappa shape index (κ1) is 28.4. The van der Waals surface area contributed by atoms with Crippen molar-refractivity contribution < 1.29 is 23.5 Å². The molecule has 0 bridgehead atoms. The van der Waals surface area contributed by atoms with Crippen LogP contribution in [0.15, 0.2) is 54.7 Å². The highest BCUT2D eigenvalue weighted by molar-refractivity contribution is 6.31. The van der Waals surface area contributed by atoms with E-state index < -0.39 is 17.1 Å². The zero-order valence-electron chi connectivity index (χ0n) is 23.2. The van der Waals surface area contributed by atoms with E-state index in [4.69, 9.17) is 27.1 Å². The number of hydrogen-bond acceptors (Lipinski definition) is 6. The number of pyridine rings is 2. The Kier molecular flexibility index (Phi) is 7.35. The number of nitrogens with zero attached hydrogens (tertiary/aromatic N) is 2. The maximum absolute atomic E-state index is 13.6. The maximum atomic E-state index is 13.6. The summed E-state index contributed by atoms with van der Waals surface area (Å²) >= 11 is 6.16. The van der Waals surface area contributed by atoms with Gasteiger partial charge in [-0.2, -0.15) is 0 Å². The van der Waals surface area contributed by atoms with E-state index in [1.165, 1.54) is 18.3 Å². The Balaban J connectivity index is 1.24. The molecular weight excluding hydrogens is 575 g/mol. The fourth-order valence-electron chi connectivity index (χ4n) is 5.00. The van der Waals surface area contributed by atoms with Crippen LogP contribution in [0.1, 0.15) is 41.4 Å². The molecule has 1 saturated carbocycles. The number of hydrogen-bond donors (Lipinski definition) is 4. The van der Waals surface area contributed by atoms with Crippen LogP contribution in [0.25, 0.3) is 22.2 Å². The van der Waals surface area contributed by atoms with Gasteiger partial charge in [0.1, 0.15) is 29.3 Å². The van der Waals surface area contributed by atoms with Gasteiger partial charge in [0.2, 0.25) is 5.91 Å². The molecule has 1 fully saturated rings. The number of anilines is 1. The molecule has 0 spiro atoms. The van der Waals surface area contributed by atoms with Crippen LogP contribution in [0, 0.1) is 5.82 Å². The van der Waals surface area contributed by atoms with Gasteiger partial charge in [-0.25, -0.2) is 14.2 Å². The van der Waals surface area contributed by atoms with E-state index in [0.717, 1.165) is 12.8 Å². The van der Waals surface area contributed by atoms with Crippen molar-refractivity contribution in [3.8, 4) is 17.0 Å². The molecule has 1 aliphatic heterocycles. The largest absolute Gasteiger partial charge is 0.489 e. The second kappa shape index (κ2) is 11.1. The van der Waals surface area contributed by atoms with Gasteiger partial charge in [0.05, 0.1) is 16.2 Å². The summed E-state index contributed by atoms with van der Waals surface area (Å²) in [5.74, 6) is -0.883. The van der Waals surface area contributed by atoms with Gasteiger partial charge in [-0.3, -0.25) is 14.6 Å². The first-order valence-corrected chi connectivity index (χ1v) is 14.2. The van der Waals surface area contributed by atoms with E-state index >= 15 is 0 Å². The van der Waals surface area contributed by atoms with E-state index in [1.807, 2.05) is 0 Å². The predicted octanol–water partition coefficient (Wildman–Crippen LogP) is 4.48. The quantitative estimate of drug-likeness (QED) is 0.234. The van der Waals surface area contributed by atoms with Crippen LogP contribution in [0.4, 0.5) is 14.9 Å². The third-order valence-corrected chi connectivity index (χ3v) is 7.83. The molecule has 3 heterocycles. The third-order valence-electron chi connectivity index (χ3n) is 7.63. The zero-order valence-corrected chi connectivity index (χ0v) is 23.9. The Bertz CT molecular complexity index is 1780. The van der Waals surface area contributed by atoms with E-state index in [2.05, 4.69) is 20.9 Å². The highest BCUT2D eigenvalue weighted by atomic mass is 35.5. The second-order valence-corrected chi connectivity index (χ2v) is 11.4. The Labute approximate surface area is 251 Å². The minimum absolute atomic E-state index is 0.0591. The number of nitrogens with one attached hydrogen (secondary N) is 3. The SMILES string of the molecule is CC1(C(N)=O)COc2c1cc(CCNC(=O)c1cc(NC(=O)NC3CC3)c3ncc(Cl)cc3c1)nc2-c1ccc(F)cc1. The van der Waals surface area contributed by atoms with Gasteiger partial charge in [-0.1, -0.05) is 11.6 Å². The van der Waals surface area contributed by atoms with Crippen molar-refractivity contribution in [2.24, 2.45) is 5.73 Å². The normalized spacial score (nSPS) is 17.2. The molecule has 4 aromatic rings. The van der Waals surface area contributed by atoms with Crippen molar-refractivity contribution in [1.82, 2.24) is 20.6 Å². The van der Waals surface area contributed by atoms with Crippen LogP contribution in [-0.4, -0.2) is 47.0 Å². The summed E-state index contributed by atoms with van der Waals surface area (Å²) in [4.78, 5) is 47.2. The van der Waals surface area contributed by atoms with Gasteiger partial charge in [0.15, 0.2) is 0 Å². The molecule has 1 unspecified atom stereocenters. The summed E-state index contributed by atoms with van der Waals surface area (Å²) in [5.41, 5.74) is 8.12. The van der Waals surface area contributed by atoms with Crippen molar-refractivity contribution in [3.05, 3.63) is 82.4 Å². The summed E-state index contributed by atoms with van der Waals surface area (Å²) in [7, 11) is 0. The van der Waals surface area contributed by atoms with Crippen LogP contribution in [0.5, 0.6) is 5.75 Å². The highest BCUT2D eigenvalue weighted by Crippen LogP contribution is 2.44. The molecule has 5 N–H and O–H groups in total. The number of amides is 4. The van der Waals surface area contributed by atoms with Crippen LogP contribution in [-0.2, 0) is 16.6 Å². The fraction of sp³-hybridized carbons (Fsp3) is 0.258. The number of carbonyl (C=O) groups excluding carboxylic acids is 3. The molecule has 10 nitrogen and oxygen atoms in total. The van der Waals surface area contributed by atoms with Crippen molar-refractivity contribution in [1.29, 1.82) is 0 Å². The summed E-state index contributed by atoms with van der Waals surface area (Å²) in [6, 6.07) is 12.3. The third kappa shape index (κ3) is 5.80. The number of benzene rings is 2. The van der Waals surface area contributed by atoms with Crippen molar-refractivity contribution in [2.75, 3.05) is 18.5 Å². The predicted molar refractivity (Wildman–Crippen MR) is 160 cm³/mol. The first-order chi connectivity index (χ1) is 20.6. The smallest absolute Gasteiger partial charge is 0.319 e. The molecule has 2 aliphatic rings. The Morgan fingerprint density at radius 3 is 2.63 bits per heavy atom. The minimum atomic E-state index is -1.07. The number of nitrogens with two attached hydrogens (primary N) is 1.